The van der Waals surface area contributed by atoms with Gasteiger partial charge in [0.05, 0.1) is 25.2 Å². The molecule has 1 saturated carbocycles. The van der Waals surface area contributed by atoms with Crippen LogP contribution in [0.4, 0.5) is 15.0 Å². The number of amides is 1. The van der Waals surface area contributed by atoms with E-state index in [4.69, 9.17) is 5.73 Å². The number of rotatable bonds is 7. The van der Waals surface area contributed by atoms with Crippen LogP contribution in [0, 0.1) is 17.2 Å². The number of aliphatic hydroxyl groups is 1. The molecule has 9 nitrogen and oxygen atoms in total. The summed E-state index contributed by atoms with van der Waals surface area (Å²) in [5.41, 5.74) is 5.96. The summed E-state index contributed by atoms with van der Waals surface area (Å²) in [6.45, 7) is 1.66. The number of aliphatic hydroxyl groups excluding tert-OH is 1. The number of carbonyl (C=O) groups excluding carboxylic acids is 1. The van der Waals surface area contributed by atoms with Gasteiger partial charge in [-0.05, 0) is 49.5 Å². The van der Waals surface area contributed by atoms with E-state index in [1.807, 2.05) is 6.07 Å². The average molecular weight is 499 g/mol. The fraction of sp³-hybridized carbons (Fsp3) is 0.577. The van der Waals surface area contributed by atoms with E-state index in [9.17, 15) is 15.2 Å². The number of hydrogen-bond donors (Lipinski definition) is 3. The van der Waals surface area contributed by atoms with Gasteiger partial charge < -0.3 is 15.6 Å². The lowest BCUT2D eigenvalue weighted by Gasteiger charge is -2.44. The number of ether oxygens (including phenoxy) is 1. The van der Waals surface area contributed by atoms with Gasteiger partial charge in [-0.1, -0.05) is 30.3 Å². The zero-order chi connectivity index (χ0) is 25.7. The van der Waals surface area contributed by atoms with Crippen LogP contribution in [0.3, 0.4) is 0 Å². The van der Waals surface area contributed by atoms with Crippen molar-refractivity contribution in [2.24, 2.45) is 11.7 Å². The number of aromatic nitrogens is 2. The molecule has 3 unspecified atom stereocenters. The molecule has 36 heavy (non-hydrogen) atoms. The van der Waals surface area contributed by atoms with Crippen LogP contribution in [0.15, 0.2) is 36.5 Å². The molecule has 0 radical (unpaired) electrons. The van der Waals surface area contributed by atoms with Gasteiger partial charge in [0.2, 0.25) is 0 Å². The Morgan fingerprint density at radius 3 is 2.69 bits per heavy atom. The molecule has 4 N–H and O–H groups in total. The topological polar surface area (TPSA) is 129 Å². The molecule has 3 atom stereocenters. The van der Waals surface area contributed by atoms with E-state index >= 15 is 4.39 Å². The van der Waals surface area contributed by atoms with Gasteiger partial charge in [0, 0.05) is 25.8 Å². The molecule has 2 heterocycles. The van der Waals surface area contributed by atoms with Crippen LogP contribution in [0.1, 0.15) is 61.8 Å². The van der Waals surface area contributed by atoms with Crippen molar-refractivity contribution in [3.63, 3.8) is 0 Å². The van der Waals surface area contributed by atoms with Crippen molar-refractivity contribution in [3.05, 3.63) is 47.7 Å². The van der Waals surface area contributed by atoms with E-state index in [-0.39, 0.29) is 24.3 Å². The summed E-state index contributed by atoms with van der Waals surface area (Å²) in [5, 5.41) is 26.2. The fourth-order valence-electron chi connectivity index (χ4n) is 5.68. The van der Waals surface area contributed by atoms with Crippen LogP contribution < -0.4 is 11.1 Å². The Kier molecular flexibility index (Phi) is 8.24. The van der Waals surface area contributed by atoms with E-state index in [0.29, 0.717) is 24.8 Å². The maximum absolute atomic E-state index is 15.9. The number of nitrogens with one attached hydrogen (secondary N) is 1. The first-order valence-corrected chi connectivity index (χ1v) is 12.5. The summed E-state index contributed by atoms with van der Waals surface area (Å²) >= 11 is 0. The van der Waals surface area contributed by atoms with Gasteiger partial charge in [0.1, 0.15) is 17.9 Å². The smallest absolute Gasteiger partial charge is 0.412 e. The molecule has 0 spiro atoms. The number of piperidine rings is 1. The second-order valence-corrected chi connectivity index (χ2v) is 9.98. The normalized spacial score (nSPS) is 27.7. The average Bonchev–Trinajstić information content (AvgIpc) is 3.31. The lowest BCUT2D eigenvalue weighted by Crippen LogP contribution is -2.55. The van der Waals surface area contributed by atoms with Gasteiger partial charge in [-0.15, -0.1) is 0 Å². The van der Waals surface area contributed by atoms with Crippen LogP contribution in [0.25, 0.3) is 0 Å². The van der Waals surface area contributed by atoms with Crippen LogP contribution in [-0.4, -0.2) is 58.8 Å². The Morgan fingerprint density at radius 1 is 1.36 bits per heavy atom. The van der Waals surface area contributed by atoms with Crippen molar-refractivity contribution in [3.8, 4) is 6.07 Å². The number of anilines is 1. The lowest BCUT2D eigenvalue weighted by atomic mass is 9.78. The van der Waals surface area contributed by atoms with Crippen molar-refractivity contribution in [1.82, 2.24) is 14.7 Å². The summed E-state index contributed by atoms with van der Waals surface area (Å²) in [5.74, 6) is 1.11. The van der Waals surface area contributed by atoms with Crippen LogP contribution >= 0.6 is 0 Å². The monoisotopic (exact) mass is 498 g/mol. The molecule has 2 fully saturated rings. The van der Waals surface area contributed by atoms with Crippen molar-refractivity contribution in [2.45, 2.75) is 62.4 Å². The highest BCUT2D eigenvalue weighted by Gasteiger charge is 2.47. The summed E-state index contributed by atoms with van der Waals surface area (Å²) in [6, 6.07) is 12.7. The Bertz CT molecular complexity index is 1060. The molecule has 1 aromatic heterocycles. The zero-order valence-corrected chi connectivity index (χ0v) is 20.6. The van der Waals surface area contributed by atoms with Crippen LogP contribution in [0.5, 0.6) is 0 Å². The van der Waals surface area contributed by atoms with Gasteiger partial charge in [-0.3, -0.25) is 14.9 Å². The molecule has 0 bridgehead atoms. The molecule has 2 aromatic rings. The Labute approximate surface area is 211 Å². The molecule has 1 aliphatic carbocycles. The molecule has 2 aliphatic rings. The minimum absolute atomic E-state index is 0.0148. The number of methoxy groups -OCH3 is 1. The van der Waals surface area contributed by atoms with E-state index in [2.05, 4.69) is 50.4 Å². The van der Waals surface area contributed by atoms with Gasteiger partial charge in [-0.2, -0.15) is 10.4 Å². The molecule has 194 valence electrons. The summed E-state index contributed by atoms with van der Waals surface area (Å²) in [6.07, 6.45) is 2.65. The number of nitrogens with zero attached hydrogens (tertiary/aromatic N) is 4. The molecule has 4 rings (SSSR count). The second kappa shape index (κ2) is 11.4. The number of halogens is 1. The standard InChI is InChI=1S/C26H35FN6O3/c1-36-25(35)30-24-21(23(29)34)16-33(31-24)26(11-13-28)12-14-32(17-22(26)27)15-18-7-9-20(10-8-18)19-5-3-2-4-6-19/h2-6,16,18,20,22-23,34H,7-12,14-15,17,29H2,1H3,(H,30,31,35). The minimum Gasteiger partial charge on any atom is -0.453 e. The predicted octanol–water partition coefficient (Wildman–Crippen LogP) is 3.64. The first kappa shape index (κ1) is 26.1. The number of benzene rings is 1. The Balaban J connectivity index is 1.42. The third-order valence-electron chi connectivity index (χ3n) is 7.81. The predicted molar refractivity (Wildman–Crippen MR) is 133 cm³/mol. The van der Waals surface area contributed by atoms with Crippen molar-refractivity contribution >= 4 is 11.9 Å². The number of carbonyl (C=O) groups is 1. The van der Waals surface area contributed by atoms with E-state index in [1.54, 1.807) is 0 Å². The van der Waals surface area contributed by atoms with Crippen molar-refractivity contribution in [1.29, 1.82) is 5.26 Å². The molecule has 1 amide bonds. The minimum atomic E-state index is -1.44. The van der Waals surface area contributed by atoms with Crippen molar-refractivity contribution in [2.75, 3.05) is 32.1 Å². The lowest BCUT2D eigenvalue weighted by molar-refractivity contribution is 0.00207. The second-order valence-electron chi connectivity index (χ2n) is 9.98. The SMILES string of the molecule is COC(=O)Nc1nn(C2(CC#N)CCN(CC3CCC(c4ccccc4)CC3)CC2F)cc1C(N)O. The largest absolute Gasteiger partial charge is 0.453 e. The zero-order valence-electron chi connectivity index (χ0n) is 20.6. The van der Waals surface area contributed by atoms with Gasteiger partial charge >= 0.3 is 6.09 Å². The van der Waals surface area contributed by atoms with E-state index < -0.39 is 24.0 Å². The summed E-state index contributed by atoms with van der Waals surface area (Å²) < 4.78 is 21.8. The number of likely N-dealkylation sites (tertiary alicyclic amines) is 1. The highest BCUT2D eigenvalue weighted by molar-refractivity contribution is 5.84. The highest BCUT2D eigenvalue weighted by atomic mass is 19.1. The fourth-order valence-corrected chi connectivity index (χ4v) is 5.68. The van der Waals surface area contributed by atoms with Crippen LogP contribution in [-0.2, 0) is 10.3 Å². The molecule has 10 heteroatoms. The molecular weight excluding hydrogens is 463 g/mol. The molecule has 1 aromatic carbocycles. The number of alkyl halides is 1. The Morgan fingerprint density at radius 2 is 2.08 bits per heavy atom. The maximum Gasteiger partial charge on any atom is 0.412 e. The first-order chi connectivity index (χ1) is 17.4. The van der Waals surface area contributed by atoms with Gasteiger partial charge in [0.25, 0.3) is 0 Å². The van der Waals surface area contributed by atoms with Crippen molar-refractivity contribution < 1.29 is 19.0 Å². The maximum atomic E-state index is 15.9. The first-order valence-electron chi connectivity index (χ1n) is 12.5. The quantitative estimate of drug-likeness (QED) is 0.497. The Hall–Kier alpha value is -3.00. The number of hydrogen-bond acceptors (Lipinski definition) is 7. The molecular formula is C26H35FN6O3. The van der Waals surface area contributed by atoms with E-state index in [1.165, 1.54) is 23.6 Å². The number of nitrogens with two attached hydrogens (primary N) is 1. The molecule has 1 aliphatic heterocycles. The van der Waals surface area contributed by atoms with Crippen LogP contribution in [0.2, 0.25) is 0 Å². The van der Waals surface area contributed by atoms with Gasteiger partial charge in [0.15, 0.2) is 5.82 Å². The summed E-state index contributed by atoms with van der Waals surface area (Å²) in [7, 11) is 1.20. The van der Waals surface area contributed by atoms with Gasteiger partial charge in [-0.25, -0.2) is 9.18 Å². The highest BCUT2D eigenvalue weighted by Crippen LogP contribution is 2.40. The summed E-state index contributed by atoms with van der Waals surface area (Å²) in [4.78, 5) is 13.9. The molecule has 1 saturated heterocycles. The third-order valence-corrected chi connectivity index (χ3v) is 7.81. The third kappa shape index (κ3) is 5.53. The van der Waals surface area contributed by atoms with E-state index in [0.717, 1.165) is 32.2 Å². The number of nitriles is 1.